The molecule has 2 N–H and O–H groups in total. The van der Waals surface area contributed by atoms with Crippen LogP contribution in [-0.2, 0) is 6.42 Å². The van der Waals surface area contributed by atoms with E-state index in [4.69, 9.17) is 0 Å². The quantitative estimate of drug-likeness (QED) is 0.816. The lowest BCUT2D eigenvalue weighted by Gasteiger charge is -2.23. The molecule has 0 unspecified atom stereocenters. The van der Waals surface area contributed by atoms with Crippen LogP contribution in [0.25, 0.3) is 0 Å². The highest BCUT2D eigenvalue weighted by atomic mass is 15.1. The third-order valence-corrected chi connectivity index (χ3v) is 4.24. The van der Waals surface area contributed by atoms with Gasteiger partial charge in [-0.2, -0.15) is 0 Å². The van der Waals surface area contributed by atoms with E-state index in [9.17, 15) is 0 Å². The molecule has 21 heavy (non-hydrogen) atoms. The van der Waals surface area contributed by atoms with Crippen molar-refractivity contribution in [2.75, 3.05) is 17.2 Å². The Kier molecular flexibility index (Phi) is 6.77. The monoisotopic (exact) mass is 290 g/mol. The van der Waals surface area contributed by atoms with Crippen LogP contribution < -0.4 is 10.6 Å². The van der Waals surface area contributed by atoms with Crippen molar-refractivity contribution in [2.45, 2.75) is 77.7 Å². The van der Waals surface area contributed by atoms with Gasteiger partial charge in [-0.15, -0.1) is 0 Å². The first-order valence-electron chi connectivity index (χ1n) is 8.69. The first-order chi connectivity index (χ1) is 10.3. The van der Waals surface area contributed by atoms with Gasteiger partial charge in [0.25, 0.3) is 0 Å². The predicted octanol–water partition coefficient (Wildman–Crippen LogP) is 4.39. The fraction of sp³-hybridized carbons (Fsp3) is 0.765. The first kappa shape index (κ1) is 16.1. The summed E-state index contributed by atoms with van der Waals surface area (Å²) in [6.07, 6.45) is 13.2. The van der Waals surface area contributed by atoms with Gasteiger partial charge in [0.15, 0.2) is 0 Å². The Morgan fingerprint density at radius 3 is 2.33 bits per heavy atom. The van der Waals surface area contributed by atoms with Gasteiger partial charge in [0.2, 0.25) is 0 Å². The van der Waals surface area contributed by atoms with Gasteiger partial charge in [-0.3, -0.25) is 0 Å². The Morgan fingerprint density at radius 2 is 1.67 bits per heavy atom. The number of nitrogens with one attached hydrogen (secondary N) is 2. The van der Waals surface area contributed by atoms with Gasteiger partial charge in [0.05, 0.1) is 0 Å². The lowest BCUT2D eigenvalue weighted by atomic mass is 9.96. The molecular weight excluding hydrogens is 260 g/mol. The largest absolute Gasteiger partial charge is 0.370 e. The molecule has 1 aliphatic rings. The molecule has 1 saturated carbocycles. The fourth-order valence-electron chi connectivity index (χ4n) is 3.14. The Labute approximate surface area is 129 Å². The second-order valence-electron chi connectivity index (χ2n) is 6.02. The maximum atomic E-state index is 4.53. The van der Waals surface area contributed by atoms with E-state index < -0.39 is 0 Å². The van der Waals surface area contributed by atoms with Crippen LogP contribution in [0.4, 0.5) is 11.6 Å². The zero-order valence-electron chi connectivity index (χ0n) is 13.6. The molecule has 2 rings (SSSR count). The number of hydrogen-bond acceptors (Lipinski definition) is 4. The lowest BCUT2D eigenvalue weighted by molar-refractivity contribution is 0.470. The maximum Gasteiger partial charge on any atom is 0.134 e. The average Bonchev–Trinajstić information content (AvgIpc) is 2.45. The molecule has 1 heterocycles. The third-order valence-electron chi connectivity index (χ3n) is 4.24. The van der Waals surface area contributed by atoms with E-state index in [1.165, 1.54) is 50.5 Å². The van der Waals surface area contributed by atoms with Gasteiger partial charge in [0.1, 0.15) is 18.0 Å². The molecule has 1 aliphatic carbocycles. The van der Waals surface area contributed by atoms with Crippen LogP contribution >= 0.6 is 0 Å². The summed E-state index contributed by atoms with van der Waals surface area (Å²) >= 11 is 0. The molecule has 0 aliphatic heterocycles. The number of hydrogen-bond donors (Lipinski definition) is 2. The second kappa shape index (κ2) is 8.85. The first-order valence-corrected chi connectivity index (χ1v) is 8.69. The molecule has 0 saturated heterocycles. The van der Waals surface area contributed by atoms with E-state index in [1.54, 1.807) is 6.33 Å². The van der Waals surface area contributed by atoms with Crippen LogP contribution in [0.3, 0.4) is 0 Å². The average molecular weight is 290 g/mol. The molecule has 0 bridgehead atoms. The Balaban J connectivity index is 2.11. The van der Waals surface area contributed by atoms with Crippen LogP contribution in [-0.4, -0.2) is 22.6 Å². The molecule has 4 heteroatoms. The van der Waals surface area contributed by atoms with Gasteiger partial charge >= 0.3 is 0 Å². The van der Waals surface area contributed by atoms with E-state index >= 15 is 0 Å². The minimum atomic E-state index is 0.574. The Morgan fingerprint density at radius 1 is 1.00 bits per heavy atom. The molecule has 4 nitrogen and oxygen atoms in total. The highest BCUT2D eigenvalue weighted by Crippen LogP contribution is 2.25. The van der Waals surface area contributed by atoms with Crippen LogP contribution in [0.5, 0.6) is 0 Å². The standard InChI is InChI=1S/C17H30N4/c1-3-10-15-16(18-4-2)19-13-20-17(15)21-14-11-8-6-5-7-9-12-14/h13-14H,3-12H2,1-2H3,(H2,18,19,20,21). The smallest absolute Gasteiger partial charge is 0.134 e. The molecule has 118 valence electrons. The summed E-state index contributed by atoms with van der Waals surface area (Å²) in [4.78, 5) is 8.94. The van der Waals surface area contributed by atoms with E-state index in [-0.39, 0.29) is 0 Å². The lowest BCUT2D eigenvalue weighted by Crippen LogP contribution is -2.22. The summed E-state index contributed by atoms with van der Waals surface area (Å²) in [7, 11) is 0. The molecule has 0 aromatic carbocycles. The van der Waals surface area contributed by atoms with Crippen molar-refractivity contribution in [3.8, 4) is 0 Å². The van der Waals surface area contributed by atoms with E-state index in [2.05, 4.69) is 34.4 Å². The normalized spacial score (nSPS) is 17.0. The zero-order valence-corrected chi connectivity index (χ0v) is 13.6. The molecule has 1 aromatic heterocycles. The second-order valence-corrected chi connectivity index (χ2v) is 6.02. The topological polar surface area (TPSA) is 49.8 Å². The van der Waals surface area contributed by atoms with Crippen molar-refractivity contribution in [2.24, 2.45) is 0 Å². The number of rotatable bonds is 6. The minimum absolute atomic E-state index is 0.574. The van der Waals surface area contributed by atoms with Gasteiger partial charge in [-0.1, -0.05) is 45.4 Å². The predicted molar refractivity (Wildman–Crippen MR) is 89.9 cm³/mol. The van der Waals surface area contributed by atoms with Crippen LogP contribution in [0.2, 0.25) is 0 Å². The Bertz CT molecular complexity index is 411. The van der Waals surface area contributed by atoms with Crippen molar-refractivity contribution in [3.63, 3.8) is 0 Å². The van der Waals surface area contributed by atoms with Gasteiger partial charge < -0.3 is 10.6 Å². The SMILES string of the molecule is CCCc1c(NCC)ncnc1NC1CCCCCCC1. The Hall–Kier alpha value is -1.32. The van der Waals surface area contributed by atoms with E-state index in [1.807, 2.05) is 0 Å². The van der Waals surface area contributed by atoms with Crippen LogP contribution in [0.1, 0.15) is 70.8 Å². The summed E-state index contributed by atoms with van der Waals surface area (Å²) in [6, 6.07) is 0.574. The maximum absolute atomic E-state index is 4.53. The molecule has 0 radical (unpaired) electrons. The zero-order chi connectivity index (χ0) is 14.9. The molecule has 0 amide bonds. The number of nitrogens with zero attached hydrogens (tertiary/aromatic N) is 2. The van der Waals surface area contributed by atoms with Gasteiger partial charge in [-0.25, -0.2) is 9.97 Å². The van der Waals surface area contributed by atoms with Crippen molar-refractivity contribution in [1.29, 1.82) is 0 Å². The van der Waals surface area contributed by atoms with Crippen LogP contribution in [0, 0.1) is 0 Å². The molecule has 1 aromatic rings. The molecule has 1 fully saturated rings. The van der Waals surface area contributed by atoms with E-state index in [0.29, 0.717) is 6.04 Å². The highest BCUT2D eigenvalue weighted by Gasteiger charge is 2.16. The molecule has 0 spiro atoms. The van der Waals surface area contributed by atoms with Gasteiger partial charge in [0, 0.05) is 18.2 Å². The van der Waals surface area contributed by atoms with Crippen molar-refractivity contribution in [1.82, 2.24) is 9.97 Å². The van der Waals surface area contributed by atoms with E-state index in [0.717, 1.165) is 31.0 Å². The number of aromatic nitrogens is 2. The summed E-state index contributed by atoms with van der Waals surface area (Å²) in [6.45, 7) is 5.22. The summed E-state index contributed by atoms with van der Waals surface area (Å²) in [5.41, 5.74) is 1.25. The van der Waals surface area contributed by atoms with Crippen molar-refractivity contribution < 1.29 is 0 Å². The van der Waals surface area contributed by atoms with Crippen molar-refractivity contribution >= 4 is 11.6 Å². The summed E-state index contributed by atoms with van der Waals surface area (Å²) in [5, 5.41) is 7.08. The third kappa shape index (κ3) is 4.87. The summed E-state index contributed by atoms with van der Waals surface area (Å²) < 4.78 is 0. The highest BCUT2D eigenvalue weighted by molar-refractivity contribution is 5.57. The van der Waals surface area contributed by atoms with Crippen LogP contribution in [0.15, 0.2) is 6.33 Å². The molecular formula is C17H30N4. The summed E-state index contributed by atoms with van der Waals surface area (Å²) in [5.74, 6) is 2.05. The van der Waals surface area contributed by atoms with Crippen molar-refractivity contribution in [3.05, 3.63) is 11.9 Å². The number of anilines is 2. The van der Waals surface area contributed by atoms with Gasteiger partial charge in [-0.05, 0) is 26.2 Å². The minimum Gasteiger partial charge on any atom is -0.370 e. The molecule has 0 atom stereocenters. The fourth-order valence-corrected chi connectivity index (χ4v) is 3.14.